The fourth-order valence-electron chi connectivity index (χ4n) is 6.35. The molecule has 17 heteroatoms. The first-order valence-electron chi connectivity index (χ1n) is 18.7. The Kier molecular flexibility index (Phi) is 14.7. The van der Waals surface area contributed by atoms with E-state index in [0.29, 0.717) is 35.3 Å². The number of nitrogens with one attached hydrogen (secondary N) is 4. The van der Waals surface area contributed by atoms with E-state index in [0.717, 1.165) is 0 Å². The lowest BCUT2D eigenvalue weighted by molar-refractivity contribution is -0.131. The number of carbonyl (C=O) groups is 5. The molecule has 1 fully saturated rings. The summed E-state index contributed by atoms with van der Waals surface area (Å²) in [5, 5.41) is 16.9. The van der Waals surface area contributed by atoms with Crippen molar-refractivity contribution in [1.82, 2.24) is 30.0 Å². The van der Waals surface area contributed by atoms with Crippen LogP contribution in [0, 0.1) is 11.2 Å². The number of pyridine rings is 2. The second kappa shape index (κ2) is 20.0. The maximum absolute atomic E-state index is 14.8. The number of aromatic nitrogens is 2. The Morgan fingerprint density at radius 2 is 1.60 bits per heavy atom. The molecule has 0 bridgehead atoms. The highest BCUT2D eigenvalue weighted by Gasteiger charge is 2.27. The predicted octanol–water partition coefficient (Wildman–Crippen LogP) is 2.06. The van der Waals surface area contributed by atoms with Crippen molar-refractivity contribution in [2.75, 3.05) is 64.3 Å². The second-order valence-corrected chi connectivity index (χ2v) is 13.4. The summed E-state index contributed by atoms with van der Waals surface area (Å²) < 4.78 is 22.0. The summed E-state index contributed by atoms with van der Waals surface area (Å²) in [7, 11) is 0. The second-order valence-electron chi connectivity index (χ2n) is 13.4. The monoisotopic (exact) mass is 795 g/mol. The lowest BCUT2D eigenvalue weighted by Crippen LogP contribution is -2.52. The SMILES string of the molecule is CCn1cc(-c2cnc(C(=O)NCCOCCNCC(=O)N3CCN(C(=O)c4cc(CC(=N)c5ccccc5C(N)=O)ccc4F)CC3)c(NC(C)=O)c2)ccc1=O. The molecular formula is C41H46FN9O7. The zero-order chi connectivity index (χ0) is 41.8. The first kappa shape index (κ1) is 42.6. The number of nitrogens with zero attached hydrogens (tertiary/aromatic N) is 4. The van der Waals surface area contributed by atoms with Gasteiger partial charge < -0.3 is 46.2 Å². The Bertz CT molecular complexity index is 2250. The molecule has 0 spiro atoms. The highest BCUT2D eigenvalue weighted by molar-refractivity contribution is 6.09. The molecule has 1 aliphatic rings. The quantitative estimate of drug-likeness (QED) is 0.0779. The molecule has 0 aliphatic carbocycles. The van der Waals surface area contributed by atoms with Crippen LogP contribution in [0.1, 0.15) is 56.2 Å². The van der Waals surface area contributed by atoms with Crippen molar-refractivity contribution in [2.24, 2.45) is 5.73 Å². The number of hydrogen-bond acceptors (Lipinski definition) is 10. The average molecular weight is 796 g/mol. The third-order valence-corrected chi connectivity index (χ3v) is 9.38. The Hall–Kier alpha value is -6.59. The molecule has 2 aromatic carbocycles. The van der Waals surface area contributed by atoms with Crippen LogP contribution >= 0.6 is 0 Å². The summed E-state index contributed by atoms with van der Waals surface area (Å²) >= 11 is 0. The molecule has 16 nitrogen and oxygen atoms in total. The molecule has 304 valence electrons. The van der Waals surface area contributed by atoms with E-state index in [1.807, 2.05) is 6.92 Å². The topological polar surface area (TPSA) is 222 Å². The van der Waals surface area contributed by atoms with E-state index >= 15 is 0 Å². The standard InChI is InChI=1S/C41H46FN9O7/c1-3-49-25-28(9-11-36(49)53)29-22-35(48-26(2)52)38(47-23-29)40(56)46-13-19-58-18-12-45-24-37(54)50-14-16-51(17-15-50)41(57)32-20-27(8-10-33(32)42)21-34(43)30-6-4-5-7-31(30)39(44)55/h4-11,20,22-23,25,43,45H,3,12-19,21,24H2,1-2H3,(H2,44,55)(H,46,56)(H,48,52). The maximum Gasteiger partial charge on any atom is 0.272 e. The van der Waals surface area contributed by atoms with Crippen LogP contribution in [-0.4, -0.2) is 114 Å². The normalized spacial score (nSPS) is 12.5. The lowest BCUT2D eigenvalue weighted by atomic mass is 9.96. The minimum atomic E-state index is -0.695. The van der Waals surface area contributed by atoms with E-state index in [4.69, 9.17) is 15.9 Å². The minimum Gasteiger partial charge on any atom is -0.378 e. The van der Waals surface area contributed by atoms with E-state index < -0.39 is 23.5 Å². The largest absolute Gasteiger partial charge is 0.378 e. The van der Waals surface area contributed by atoms with E-state index in [-0.39, 0.29) is 104 Å². The van der Waals surface area contributed by atoms with Crippen molar-refractivity contribution >= 4 is 40.9 Å². The summed E-state index contributed by atoms with van der Waals surface area (Å²) in [5.74, 6) is -2.93. The molecule has 4 aromatic rings. The van der Waals surface area contributed by atoms with Crippen molar-refractivity contribution in [3.63, 3.8) is 0 Å². The zero-order valence-electron chi connectivity index (χ0n) is 32.3. The Morgan fingerprint density at radius 1 is 0.897 bits per heavy atom. The van der Waals surface area contributed by atoms with Crippen LogP contribution in [0.5, 0.6) is 0 Å². The van der Waals surface area contributed by atoms with Gasteiger partial charge in [0.2, 0.25) is 17.7 Å². The van der Waals surface area contributed by atoms with Gasteiger partial charge in [-0.05, 0) is 48.4 Å². The van der Waals surface area contributed by atoms with Crippen molar-refractivity contribution in [2.45, 2.75) is 26.8 Å². The van der Waals surface area contributed by atoms with Crippen LogP contribution in [-0.2, 0) is 27.3 Å². The molecule has 3 heterocycles. The molecule has 58 heavy (non-hydrogen) atoms. The molecule has 1 aliphatic heterocycles. The van der Waals surface area contributed by atoms with Gasteiger partial charge >= 0.3 is 0 Å². The Balaban J connectivity index is 1.01. The van der Waals surface area contributed by atoms with Gasteiger partial charge in [-0.3, -0.25) is 28.8 Å². The number of nitrogens with two attached hydrogens (primary N) is 1. The first-order valence-corrected chi connectivity index (χ1v) is 18.7. The molecule has 0 saturated carbocycles. The van der Waals surface area contributed by atoms with Crippen molar-refractivity contribution in [3.05, 3.63) is 117 Å². The summed E-state index contributed by atoms with van der Waals surface area (Å²) in [6.07, 6.45) is 3.24. The van der Waals surface area contributed by atoms with Gasteiger partial charge in [0.05, 0.1) is 31.0 Å². The van der Waals surface area contributed by atoms with Crippen LogP contribution in [0.25, 0.3) is 11.1 Å². The molecule has 5 amide bonds. The summed E-state index contributed by atoms with van der Waals surface area (Å²) in [4.78, 5) is 82.1. The highest BCUT2D eigenvalue weighted by Crippen LogP contribution is 2.24. The van der Waals surface area contributed by atoms with Gasteiger partial charge in [-0.25, -0.2) is 9.37 Å². The Labute approximate surface area is 334 Å². The van der Waals surface area contributed by atoms with Crippen LogP contribution in [0.15, 0.2) is 77.9 Å². The molecule has 0 unspecified atom stereocenters. The molecule has 5 rings (SSSR count). The van der Waals surface area contributed by atoms with Gasteiger partial charge in [-0.1, -0.05) is 24.3 Å². The van der Waals surface area contributed by atoms with Gasteiger partial charge in [-0.2, -0.15) is 0 Å². The average Bonchev–Trinajstić information content (AvgIpc) is 3.22. The van der Waals surface area contributed by atoms with E-state index in [1.165, 1.54) is 52.9 Å². The first-order chi connectivity index (χ1) is 27.9. The predicted molar refractivity (Wildman–Crippen MR) is 214 cm³/mol. The van der Waals surface area contributed by atoms with Crippen molar-refractivity contribution in [1.29, 1.82) is 5.41 Å². The number of ether oxygens (including phenoxy) is 1. The van der Waals surface area contributed by atoms with Crippen molar-refractivity contribution in [3.8, 4) is 11.1 Å². The number of primary amides is 1. The van der Waals surface area contributed by atoms with Gasteiger partial charge in [0.15, 0.2) is 5.69 Å². The van der Waals surface area contributed by atoms with Crippen LogP contribution in [0.3, 0.4) is 0 Å². The minimum absolute atomic E-state index is 0.0219. The van der Waals surface area contributed by atoms with Crippen molar-refractivity contribution < 1.29 is 33.1 Å². The number of halogens is 1. The van der Waals surface area contributed by atoms with Gasteiger partial charge in [0, 0.05) is 100 Å². The summed E-state index contributed by atoms with van der Waals surface area (Å²) in [5.41, 5.74) is 7.93. The molecule has 2 aromatic heterocycles. The fraction of sp³-hybridized carbons (Fsp3) is 0.317. The third-order valence-electron chi connectivity index (χ3n) is 9.38. The number of amides is 5. The molecule has 6 N–H and O–H groups in total. The molecule has 0 atom stereocenters. The molecule has 0 radical (unpaired) electrons. The molecular weight excluding hydrogens is 750 g/mol. The highest BCUT2D eigenvalue weighted by atomic mass is 19.1. The van der Waals surface area contributed by atoms with Crippen LogP contribution < -0.4 is 27.2 Å². The van der Waals surface area contributed by atoms with Crippen LogP contribution in [0.2, 0.25) is 0 Å². The Morgan fingerprint density at radius 3 is 2.31 bits per heavy atom. The number of aryl methyl sites for hydroxylation is 1. The van der Waals surface area contributed by atoms with Gasteiger partial charge in [-0.15, -0.1) is 0 Å². The number of piperazine rings is 1. The van der Waals surface area contributed by atoms with E-state index in [1.54, 1.807) is 41.4 Å². The fourth-order valence-corrected chi connectivity index (χ4v) is 6.35. The summed E-state index contributed by atoms with van der Waals surface area (Å²) in [6.45, 7) is 5.63. The number of anilines is 1. The smallest absolute Gasteiger partial charge is 0.272 e. The van der Waals surface area contributed by atoms with Crippen LogP contribution in [0.4, 0.5) is 10.1 Å². The maximum atomic E-state index is 14.8. The molecule has 1 saturated heterocycles. The number of hydrogen-bond donors (Lipinski definition) is 5. The van der Waals surface area contributed by atoms with Gasteiger partial charge in [0.25, 0.3) is 17.4 Å². The number of benzene rings is 2. The van der Waals surface area contributed by atoms with Gasteiger partial charge in [0.1, 0.15) is 5.82 Å². The zero-order valence-corrected chi connectivity index (χ0v) is 32.3. The number of carbonyl (C=O) groups excluding carboxylic acids is 5. The lowest BCUT2D eigenvalue weighted by Gasteiger charge is -2.35. The van der Waals surface area contributed by atoms with E-state index in [9.17, 15) is 33.2 Å². The third kappa shape index (κ3) is 11.0. The summed E-state index contributed by atoms with van der Waals surface area (Å²) in [6, 6.07) is 15.3. The number of rotatable bonds is 17. The van der Waals surface area contributed by atoms with E-state index in [2.05, 4.69) is 20.9 Å².